The van der Waals surface area contributed by atoms with Gasteiger partial charge in [-0.3, -0.25) is 9.10 Å². The van der Waals surface area contributed by atoms with Crippen LogP contribution in [0.25, 0.3) is 0 Å². The number of nitrogens with zero attached hydrogens (tertiary/aromatic N) is 1. The van der Waals surface area contributed by atoms with Crippen molar-refractivity contribution in [3.63, 3.8) is 0 Å². The number of anilines is 1. The Hall–Kier alpha value is -2.14. The number of rotatable bonds is 3. The maximum absolute atomic E-state index is 12.8. The number of carbonyl (C=O) groups excluding carboxylic acids is 1. The molecule has 0 aliphatic carbocycles. The van der Waals surface area contributed by atoms with Crippen LogP contribution in [0.3, 0.4) is 0 Å². The monoisotopic (exact) mass is 301 g/mol. The van der Waals surface area contributed by atoms with Crippen LogP contribution < -0.4 is 4.31 Å². The first kappa shape index (κ1) is 13.8. The predicted molar refractivity (Wildman–Crippen MR) is 81.1 cm³/mol. The normalized spacial score (nSPS) is 14.6. The first-order valence-corrected chi connectivity index (χ1v) is 8.23. The molecule has 21 heavy (non-hydrogen) atoms. The highest BCUT2D eigenvalue weighted by Crippen LogP contribution is 2.31. The summed E-state index contributed by atoms with van der Waals surface area (Å²) >= 11 is 0. The molecule has 1 aliphatic heterocycles. The van der Waals surface area contributed by atoms with E-state index >= 15 is 0 Å². The topological polar surface area (TPSA) is 54.5 Å². The molecule has 0 amide bonds. The first-order valence-electron chi connectivity index (χ1n) is 6.79. The summed E-state index contributed by atoms with van der Waals surface area (Å²) in [5.41, 5.74) is 2.27. The molecule has 0 unspecified atom stereocenters. The zero-order valence-corrected chi connectivity index (χ0v) is 12.2. The smallest absolute Gasteiger partial charge is 0.264 e. The predicted octanol–water partition coefficient (Wildman–Crippen LogP) is 2.64. The minimum atomic E-state index is -3.58. The Bertz CT molecular complexity index is 766. The Morgan fingerprint density at radius 1 is 1.00 bits per heavy atom. The highest BCUT2D eigenvalue weighted by atomic mass is 32.2. The second kappa shape index (κ2) is 5.33. The largest absolute Gasteiger partial charge is 0.298 e. The van der Waals surface area contributed by atoms with Gasteiger partial charge < -0.3 is 0 Å². The van der Waals surface area contributed by atoms with Crippen LogP contribution >= 0.6 is 0 Å². The summed E-state index contributed by atoms with van der Waals surface area (Å²) in [6.45, 7) is 0.481. The van der Waals surface area contributed by atoms with E-state index in [4.69, 9.17) is 0 Å². The molecule has 0 saturated carbocycles. The number of hydrogen-bond acceptors (Lipinski definition) is 3. The third kappa shape index (κ3) is 2.45. The fourth-order valence-corrected chi connectivity index (χ4v) is 4.14. The summed E-state index contributed by atoms with van der Waals surface area (Å²) in [6.07, 6.45) is 2.40. The minimum Gasteiger partial charge on any atom is -0.298 e. The minimum absolute atomic E-state index is 0.213. The summed E-state index contributed by atoms with van der Waals surface area (Å²) < 4.78 is 27.0. The summed E-state index contributed by atoms with van der Waals surface area (Å²) in [5, 5.41) is 0. The van der Waals surface area contributed by atoms with Crippen molar-refractivity contribution in [1.29, 1.82) is 0 Å². The summed E-state index contributed by atoms with van der Waals surface area (Å²) in [4.78, 5) is 10.9. The maximum atomic E-state index is 12.8. The van der Waals surface area contributed by atoms with Gasteiger partial charge in [-0.15, -0.1) is 0 Å². The standard InChI is InChI=1S/C16H15NO3S/c18-12-13-7-9-15(10-8-13)21(19,20)17-11-3-5-14-4-1-2-6-16(14)17/h1-2,4,6-10,12H,3,5,11H2. The lowest BCUT2D eigenvalue weighted by Crippen LogP contribution is -2.35. The van der Waals surface area contributed by atoms with E-state index < -0.39 is 10.0 Å². The third-order valence-corrected chi connectivity index (χ3v) is 5.50. The van der Waals surface area contributed by atoms with Gasteiger partial charge in [0.05, 0.1) is 10.6 Å². The van der Waals surface area contributed by atoms with Crippen molar-refractivity contribution in [1.82, 2.24) is 0 Å². The summed E-state index contributed by atoms with van der Waals surface area (Å²) in [6, 6.07) is 13.6. The van der Waals surface area contributed by atoms with E-state index in [0.717, 1.165) is 24.1 Å². The number of benzene rings is 2. The van der Waals surface area contributed by atoms with Crippen molar-refractivity contribution < 1.29 is 13.2 Å². The molecule has 5 heteroatoms. The lowest BCUT2D eigenvalue weighted by atomic mass is 10.0. The summed E-state index contributed by atoms with van der Waals surface area (Å²) in [7, 11) is -3.58. The number of sulfonamides is 1. The molecule has 0 N–H and O–H groups in total. The van der Waals surface area contributed by atoms with Crippen molar-refractivity contribution in [3.8, 4) is 0 Å². The average Bonchev–Trinajstić information content (AvgIpc) is 2.54. The summed E-state index contributed by atoms with van der Waals surface area (Å²) in [5.74, 6) is 0. The van der Waals surface area contributed by atoms with Crippen molar-refractivity contribution in [2.24, 2.45) is 0 Å². The van der Waals surface area contributed by atoms with Crippen molar-refractivity contribution >= 4 is 22.0 Å². The number of fused-ring (bicyclic) bond motifs is 1. The molecule has 108 valence electrons. The molecule has 0 bridgehead atoms. The Morgan fingerprint density at radius 3 is 2.43 bits per heavy atom. The van der Waals surface area contributed by atoms with Crippen LogP contribution in [-0.4, -0.2) is 21.2 Å². The molecular formula is C16H15NO3S. The molecule has 0 atom stereocenters. The van der Waals surface area contributed by atoms with Gasteiger partial charge in [0.1, 0.15) is 6.29 Å². The molecule has 1 aliphatic rings. The van der Waals surface area contributed by atoms with Crippen molar-refractivity contribution in [2.45, 2.75) is 17.7 Å². The van der Waals surface area contributed by atoms with Gasteiger partial charge >= 0.3 is 0 Å². The zero-order valence-electron chi connectivity index (χ0n) is 11.4. The average molecular weight is 301 g/mol. The number of aryl methyl sites for hydroxylation is 1. The quantitative estimate of drug-likeness (QED) is 0.819. The van der Waals surface area contributed by atoms with Crippen LogP contribution in [0.2, 0.25) is 0 Å². The number of hydrogen-bond donors (Lipinski definition) is 0. The van der Waals surface area contributed by atoms with Crippen LogP contribution in [0.4, 0.5) is 5.69 Å². The molecule has 0 spiro atoms. The fourth-order valence-electron chi connectivity index (χ4n) is 2.59. The van der Waals surface area contributed by atoms with E-state index in [0.29, 0.717) is 18.4 Å². The highest BCUT2D eigenvalue weighted by molar-refractivity contribution is 7.92. The van der Waals surface area contributed by atoms with E-state index in [2.05, 4.69) is 0 Å². The molecule has 0 aromatic heterocycles. The molecule has 2 aromatic rings. The molecule has 4 nitrogen and oxygen atoms in total. The Balaban J connectivity index is 2.04. The highest BCUT2D eigenvalue weighted by Gasteiger charge is 2.28. The van der Waals surface area contributed by atoms with E-state index in [9.17, 15) is 13.2 Å². The van der Waals surface area contributed by atoms with E-state index in [-0.39, 0.29) is 4.90 Å². The van der Waals surface area contributed by atoms with Gasteiger partial charge in [0.15, 0.2) is 0 Å². The molecule has 0 radical (unpaired) electrons. The second-order valence-corrected chi connectivity index (χ2v) is 6.86. The molecule has 0 fully saturated rings. The van der Waals surface area contributed by atoms with Crippen molar-refractivity contribution in [2.75, 3.05) is 10.8 Å². The molecule has 3 rings (SSSR count). The fraction of sp³-hybridized carbons (Fsp3) is 0.188. The van der Waals surface area contributed by atoms with E-state index in [1.807, 2.05) is 24.3 Å². The number of para-hydroxylation sites is 1. The lowest BCUT2D eigenvalue weighted by Gasteiger charge is -2.30. The van der Waals surface area contributed by atoms with Crippen LogP contribution in [0, 0.1) is 0 Å². The maximum Gasteiger partial charge on any atom is 0.264 e. The molecule has 0 saturated heterocycles. The number of aldehydes is 1. The van der Waals surface area contributed by atoms with Gasteiger partial charge in [-0.25, -0.2) is 8.42 Å². The Kier molecular flexibility index (Phi) is 3.51. The van der Waals surface area contributed by atoms with Crippen LogP contribution in [0.1, 0.15) is 22.3 Å². The van der Waals surface area contributed by atoms with Crippen LogP contribution in [0.5, 0.6) is 0 Å². The van der Waals surface area contributed by atoms with Gasteiger partial charge in [-0.2, -0.15) is 0 Å². The molecule has 1 heterocycles. The van der Waals surface area contributed by atoms with Gasteiger partial charge in [-0.05, 0) is 36.6 Å². The van der Waals surface area contributed by atoms with Gasteiger partial charge in [0.25, 0.3) is 10.0 Å². The molecular weight excluding hydrogens is 286 g/mol. The van der Waals surface area contributed by atoms with Crippen LogP contribution in [-0.2, 0) is 16.4 Å². The zero-order chi connectivity index (χ0) is 14.9. The number of carbonyl (C=O) groups is 1. The third-order valence-electron chi connectivity index (χ3n) is 3.67. The van der Waals surface area contributed by atoms with Crippen LogP contribution in [0.15, 0.2) is 53.4 Å². The van der Waals surface area contributed by atoms with Gasteiger partial charge in [0, 0.05) is 12.1 Å². The van der Waals surface area contributed by atoms with E-state index in [1.165, 1.54) is 28.6 Å². The first-order chi connectivity index (χ1) is 10.1. The van der Waals surface area contributed by atoms with Gasteiger partial charge in [0.2, 0.25) is 0 Å². The SMILES string of the molecule is O=Cc1ccc(S(=O)(=O)N2CCCc3ccccc32)cc1. The lowest BCUT2D eigenvalue weighted by molar-refractivity contribution is 0.112. The Labute approximate surface area is 124 Å². The second-order valence-electron chi connectivity index (χ2n) is 5.00. The molecule has 2 aromatic carbocycles. The van der Waals surface area contributed by atoms with E-state index in [1.54, 1.807) is 0 Å². The van der Waals surface area contributed by atoms with Gasteiger partial charge in [-0.1, -0.05) is 30.3 Å². The van der Waals surface area contributed by atoms with Crippen molar-refractivity contribution in [3.05, 3.63) is 59.7 Å². The Morgan fingerprint density at radius 2 is 1.71 bits per heavy atom.